The van der Waals surface area contributed by atoms with Gasteiger partial charge in [-0.15, -0.1) is 0 Å². The van der Waals surface area contributed by atoms with Crippen LogP contribution in [0.15, 0.2) is 18.2 Å². The summed E-state index contributed by atoms with van der Waals surface area (Å²) in [5.74, 6) is 0.801. The van der Waals surface area contributed by atoms with Crippen LogP contribution < -0.4 is 4.74 Å². The monoisotopic (exact) mass is 250 g/mol. The molecule has 1 aromatic rings. The van der Waals surface area contributed by atoms with E-state index in [-0.39, 0.29) is 6.61 Å². The van der Waals surface area contributed by atoms with E-state index in [1.54, 1.807) is 0 Å². The summed E-state index contributed by atoms with van der Waals surface area (Å²) < 4.78 is 11.3. The van der Waals surface area contributed by atoms with Crippen molar-refractivity contribution < 1.29 is 14.6 Å². The summed E-state index contributed by atoms with van der Waals surface area (Å²) >= 11 is 0. The molecule has 0 aliphatic carbocycles. The summed E-state index contributed by atoms with van der Waals surface area (Å²) in [5.41, 5.74) is 2.01. The molecule has 1 saturated heterocycles. The molecule has 18 heavy (non-hydrogen) atoms. The minimum Gasteiger partial charge on any atom is -0.493 e. The van der Waals surface area contributed by atoms with Crippen molar-refractivity contribution in [3.63, 3.8) is 0 Å². The van der Waals surface area contributed by atoms with Gasteiger partial charge in [0.25, 0.3) is 0 Å². The maximum absolute atomic E-state index is 9.27. The second-order valence-corrected chi connectivity index (χ2v) is 4.90. The van der Waals surface area contributed by atoms with Crippen molar-refractivity contribution >= 4 is 0 Å². The SMILES string of the molecule is Cc1ccc(OCCCC2CCCO2)c(CO)c1. The van der Waals surface area contributed by atoms with E-state index in [0.29, 0.717) is 12.7 Å². The predicted octanol–water partition coefficient (Wildman–Crippen LogP) is 2.83. The summed E-state index contributed by atoms with van der Waals surface area (Å²) in [6.45, 7) is 3.65. The van der Waals surface area contributed by atoms with E-state index in [2.05, 4.69) is 0 Å². The smallest absolute Gasteiger partial charge is 0.124 e. The lowest BCUT2D eigenvalue weighted by Crippen LogP contribution is -2.08. The Bertz CT molecular complexity index is 370. The van der Waals surface area contributed by atoms with Crippen LogP contribution in [0.4, 0.5) is 0 Å². The average Bonchev–Trinajstić information content (AvgIpc) is 2.89. The average molecular weight is 250 g/mol. The van der Waals surface area contributed by atoms with Crippen LogP contribution in [0.3, 0.4) is 0 Å². The molecule has 1 fully saturated rings. The Morgan fingerprint density at radius 3 is 3.06 bits per heavy atom. The van der Waals surface area contributed by atoms with Crippen LogP contribution in [-0.2, 0) is 11.3 Å². The maximum Gasteiger partial charge on any atom is 0.124 e. The van der Waals surface area contributed by atoms with Gasteiger partial charge in [-0.1, -0.05) is 17.7 Å². The second kappa shape index (κ2) is 6.76. The highest BCUT2D eigenvalue weighted by Gasteiger charge is 2.14. The van der Waals surface area contributed by atoms with Crippen LogP contribution in [0.25, 0.3) is 0 Å². The number of aryl methyl sites for hydroxylation is 1. The lowest BCUT2D eigenvalue weighted by Gasteiger charge is -2.12. The van der Waals surface area contributed by atoms with Gasteiger partial charge in [-0.2, -0.15) is 0 Å². The van der Waals surface area contributed by atoms with Crippen molar-refractivity contribution in [1.82, 2.24) is 0 Å². The zero-order chi connectivity index (χ0) is 12.8. The zero-order valence-corrected chi connectivity index (χ0v) is 11.0. The van der Waals surface area contributed by atoms with E-state index in [0.717, 1.165) is 36.3 Å². The van der Waals surface area contributed by atoms with Crippen molar-refractivity contribution in [3.8, 4) is 5.75 Å². The van der Waals surface area contributed by atoms with Crippen LogP contribution in [0.2, 0.25) is 0 Å². The van der Waals surface area contributed by atoms with Gasteiger partial charge in [0.15, 0.2) is 0 Å². The first kappa shape index (κ1) is 13.4. The van der Waals surface area contributed by atoms with E-state index in [1.807, 2.05) is 25.1 Å². The van der Waals surface area contributed by atoms with Gasteiger partial charge < -0.3 is 14.6 Å². The molecule has 3 nitrogen and oxygen atoms in total. The van der Waals surface area contributed by atoms with E-state index in [1.165, 1.54) is 12.8 Å². The zero-order valence-electron chi connectivity index (χ0n) is 11.0. The normalized spacial score (nSPS) is 19.1. The number of ether oxygens (including phenoxy) is 2. The second-order valence-electron chi connectivity index (χ2n) is 4.90. The Morgan fingerprint density at radius 2 is 2.33 bits per heavy atom. The maximum atomic E-state index is 9.27. The van der Waals surface area contributed by atoms with Crippen LogP contribution in [0, 0.1) is 6.92 Å². The third kappa shape index (κ3) is 3.72. The third-order valence-electron chi connectivity index (χ3n) is 3.34. The highest BCUT2D eigenvalue weighted by atomic mass is 16.5. The van der Waals surface area contributed by atoms with E-state index < -0.39 is 0 Å². The summed E-state index contributed by atoms with van der Waals surface area (Å²) in [4.78, 5) is 0. The lowest BCUT2D eigenvalue weighted by atomic mass is 10.1. The van der Waals surface area contributed by atoms with Gasteiger partial charge in [0.05, 0.1) is 19.3 Å². The molecule has 0 amide bonds. The molecule has 0 bridgehead atoms. The molecule has 1 heterocycles. The number of hydrogen-bond acceptors (Lipinski definition) is 3. The number of benzene rings is 1. The Hall–Kier alpha value is -1.06. The van der Waals surface area contributed by atoms with Gasteiger partial charge in [0.1, 0.15) is 5.75 Å². The summed E-state index contributed by atoms with van der Waals surface area (Å²) in [5, 5.41) is 9.27. The van der Waals surface area contributed by atoms with Gasteiger partial charge in [0, 0.05) is 12.2 Å². The van der Waals surface area contributed by atoms with Gasteiger partial charge >= 0.3 is 0 Å². The molecule has 3 heteroatoms. The number of rotatable bonds is 6. The molecule has 1 unspecified atom stereocenters. The molecule has 1 atom stereocenters. The first-order chi connectivity index (χ1) is 8.79. The van der Waals surface area contributed by atoms with Crippen LogP contribution in [0.1, 0.15) is 36.8 Å². The molecule has 1 aliphatic rings. The van der Waals surface area contributed by atoms with Crippen molar-refractivity contribution in [2.45, 2.75) is 45.3 Å². The Labute approximate surface area is 109 Å². The van der Waals surface area contributed by atoms with Gasteiger partial charge in [-0.25, -0.2) is 0 Å². The quantitative estimate of drug-likeness (QED) is 0.789. The van der Waals surface area contributed by atoms with Crippen LogP contribution in [0.5, 0.6) is 5.75 Å². The first-order valence-corrected chi connectivity index (χ1v) is 6.74. The molecule has 1 aromatic carbocycles. The van der Waals surface area contributed by atoms with E-state index in [9.17, 15) is 5.11 Å². The highest BCUT2D eigenvalue weighted by Crippen LogP contribution is 2.21. The number of aliphatic hydroxyl groups is 1. The van der Waals surface area contributed by atoms with Gasteiger partial charge in [0.2, 0.25) is 0 Å². The van der Waals surface area contributed by atoms with Crippen molar-refractivity contribution in [1.29, 1.82) is 0 Å². The third-order valence-corrected chi connectivity index (χ3v) is 3.34. The molecule has 0 radical (unpaired) electrons. The largest absolute Gasteiger partial charge is 0.493 e. The van der Waals surface area contributed by atoms with Crippen LogP contribution in [-0.4, -0.2) is 24.4 Å². The first-order valence-electron chi connectivity index (χ1n) is 6.74. The summed E-state index contributed by atoms with van der Waals surface area (Å²) in [6, 6.07) is 5.91. The fourth-order valence-electron chi connectivity index (χ4n) is 2.34. The van der Waals surface area contributed by atoms with Gasteiger partial charge in [-0.3, -0.25) is 0 Å². The molecule has 1 N–H and O–H groups in total. The standard InChI is InChI=1S/C15H22O3/c1-12-6-7-15(13(10-12)11-16)18-9-3-5-14-4-2-8-17-14/h6-7,10,14,16H,2-5,8-9,11H2,1H3. The number of aliphatic hydroxyl groups excluding tert-OH is 1. The fraction of sp³-hybridized carbons (Fsp3) is 0.600. The molecular formula is C15H22O3. The summed E-state index contributed by atoms with van der Waals surface area (Å²) in [6.07, 6.45) is 4.89. The molecule has 100 valence electrons. The fourth-order valence-corrected chi connectivity index (χ4v) is 2.34. The molecule has 0 spiro atoms. The molecular weight excluding hydrogens is 228 g/mol. The Morgan fingerprint density at radius 1 is 1.44 bits per heavy atom. The topological polar surface area (TPSA) is 38.7 Å². The Balaban J connectivity index is 1.75. The highest BCUT2D eigenvalue weighted by molar-refractivity contribution is 5.36. The molecule has 0 aromatic heterocycles. The van der Waals surface area contributed by atoms with E-state index >= 15 is 0 Å². The Kier molecular flexibility index (Phi) is 5.02. The molecule has 1 aliphatic heterocycles. The molecule has 2 rings (SSSR count). The van der Waals surface area contributed by atoms with Gasteiger partial charge in [-0.05, 0) is 38.7 Å². The van der Waals surface area contributed by atoms with E-state index in [4.69, 9.17) is 9.47 Å². The lowest BCUT2D eigenvalue weighted by molar-refractivity contribution is 0.0980. The van der Waals surface area contributed by atoms with Crippen molar-refractivity contribution in [3.05, 3.63) is 29.3 Å². The molecule has 0 saturated carbocycles. The predicted molar refractivity (Wildman–Crippen MR) is 70.8 cm³/mol. The minimum absolute atomic E-state index is 0.0305. The van der Waals surface area contributed by atoms with Crippen molar-refractivity contribution in [2.24, 2.45) is 0 Å². The van der Waals surface area contributed by atoms with Crippen molar-refractivity contribution in [2.75, 3.05) is 13.2 Å². The number of hydrogen-bond donors (Lipinski definition) is 1. The minimum atomic E-state index is 0.0305. The van der Waals surface area contributed by atoms with Crippen LogP contribution >= 0.6 is 0 Å². The summed E-state index contributed by atoms with van der Waals surface area (Å²) in [7, 11) is 0.